The molecule has 0 atom stereocenters. The van der Waals surface area contributed by atoms with Crippen LogP contribution in [0.5, 0.6) is 0 Å². The molecule has 1 aromatic heterocycles. The molecule has 198 valence electrons. The molecule has 4 aromatic rings. The molecule has 0 bridgehead atoms. The molecule has 1 aliphatic heterocycles. The van der Waals surface area contributed by atoms with Crippen molar-refractivity contribution in [3.63, 3.8) is 0 Å². The average molecular weight is 574 g/mol. The van der Waals surface area contributed by atoms with Crippen LogP contribution in [0.4, 0.5) is 28.0 Å². The number of amides is 3. The maximum atomic E-state index is 13.9. The summed E-state index contributed by atoms with van der Waals surface area (Å²) >= 11 is 6.82. The summed E-state index contributed by atoms with van der Waals surface area (Å²) in [6.45, 7) is -0.444. The van der Waals surface area contributed by atoms with Crippen LogP contribution in [0.15, 0.2) is 65.7 Å². The largest absolute Gasteiger partial charge is 0.342 e. The molecule has 0 spiro atoms. The molecule has 39 heavy (non-hydrogen) atoms. The van der Waals surface area contributed by atoms with E-state index in [1.807, 2.05) is 34.1 Å². The predicted molar refractivity (Wildman–Crippen MR) is 140 cm³/mol. The highest BCUT2D eigenvalue weighted by Crippen LogP contribution is 2.34. The second-order valence-electron chi connectivity index (χ2n) is 8.50. The Morgan fingerprint density at radius 2 is 1.77 bits per heavy atom. The van der Waals surface area contributed by atoms with E-state index < -0.39 is 52.6 Å². The summed E-state index contributed by atoms with van der Waals surface area (Å²) in [4.78, 5) is 38.6. The lowest BCUT2D eigenvalue weighted by atomic mass is 10.1. The monoisotopic (exact) mass is 573 g/mol. The number of benzene rings is 3. The van der Waals surface area contributed by atoms with Gasteiger partial charge in [-0.25, -0.2) is 17.6 Å². The first-order valence-corrected chi connectivity index (χ1v) is 12.5. The van der Waals surface area contributed by atoms with Gasteiger partial charge in [-0.1, -0.05) is 35.9 Å². The lowest BCUT2D eigenvalue weighted by Crippen LogP contribution is -2.36. The summed E-state index contributed by atoms with van der Waals surface area (Å²) in [5, 5.41) is 2.34. The van der Waals surface area contributed by atoms with Gasteiger partial charge in [0.05, 0.1) is 10.6 Å². The number of halogens is 5. The molecule has 12 heteroatoms. The van der Waals surface area contributed by atoms with Crippen LogP contribution in [0.1, 0.15) is 11.1 Å². The highest BCUT2D eigenvalue weighted by Gasteiger charge is 2.36. The van der Waals surface area contributed by atoms with Crippen molar-refractivity contribution in [1.82, 2.24) is 9.47 Å². The number of anilines is 1. The summed E-state index contributed by atoms with van der Waals surface area (Å²) in [5.41, 5.74) is 1.46. The van der Waals surface area contributed by atoms with Gasteiger partial charge >= 0.3 is 0 Å². The fourth-order valence-electron chi connectivity index (χ4n) is 4.09. The zero-order valence-electron chi connectivity index (χ0n) is 19.7. The molecule has 1 aliphatic rings. The van der Waals surface area contributed by atoms with Crippen LogP contribution in [-0.2, 0) is 16.1 Å². The standard InChI is InChI=1S/C27H16ClF4N3O3S/c28-18-10-16(29)6-5-14(18)11-34-12-15(17-3-1-2-4-21(17)34)9-22-26(37)35(27(38)39-22)13-23(36)33-20-8-7-19(30)24(31)25(20)32/h1-10,12H,11,13H2,(H,33,36)/b22-9+. The van der Waals surface area contributed by atoms with Gasteiger partial charge in [-0.05, 0) is 53.7 Å². The Kier molecular flexibility index (Phi) is 7.19. The van der Waals surface area contributed by atoms with Gasteiger partial charge in [-0.2, -0.15) is 0 Å². The number of para-hydroxylation sites is 1. The maximum absolute atomic E-state index is 13.9. The lowest BCUT2D eigenvalue weighted by Gasteiger charge is -2.13. The summed E-state index contributed by atoms with van der Waals surface area (Å²) in [5.74, 6) is -6.97. The van der Waals surface area contributed by atoms with Gasteiger partial charge in [-0.3, -0.25) is 19.3 Å². The Hall–Kier alpha value is -4.09. The third-order valence-electron chi connectivity index (χ3n) is 5.95. The molecular weight excluding hydrogens is 558 g/mol. The van der Waals surface area contributed by atoms with Gasteiger partial charge in [0.15, 0.2) is 17.5 Å². The number of hydrogen-bond donors (Lipinski definition) is 1. The van der Waals surface area contributed by atoms with E-state index in [9.17, 15) is 31.9 Å². The van der Waals surface area contributed by atoms with Crippen molar-refractivity contribution in [2.45, 2.75) is 6.54 Å². The predicted octanol–water partition coefficient (Wildman–Crippen LogP) is 6.57. The van der Waals surface area contributed by atoms with E-state index in [1.165, 1.54) is 18.2 Å². The Bertz CT molecular complexity index is 1710. The molecule has 2 heterocycles. The SMILES string of the molecule is O=C(CN1C(=O)S/C(=C/c2cn(Cc3ccc(F)cc3Cl)c3ccccc23)C1=O)Nc1ccc(F)c(F)c1F. The first-order chi connectivity index (χ1) is 18.6. The van der Waals surface area contributed by atoms with Crippen molar-refractivity contribution in [1.29, 1.82) is 0 Å². The zero-order chi connectivity index (χ0) is 27.8. The van der Waals surface area contributed by atoms with Gasteiger partial charge in [0.2, 0.25) is 5.91 Å². The molecule has 5 rings (SSSR count). The number of hydrogen-bond acceptors (Lipinski definition) is 4. The number of rotatable bonds is 6. The number of thioether (sulfide) groups is 1. The molecule has 3 aromatic carbocycles. The highest BCUT2D eigenvalue weighted by molar-refractivity contribution is 8.18. The molecule has 0 radical (unpaired) electrons. The van der Waals surface area contributed by atoms with E-state index in [-0.39, 0.29) is 9.93 Å². The van der Waals surface area contributed by atoms with Crippen molar-refractivity contribution in [3.05, 3.63) is 105 Å². The number of nitrogens with one attached hydrogen (secondary N) is 1. The molecule has 1 fully saturated rings. The highest BCUT2D eigenvalue weighted by atomic mass is 35.5. The van der Waals surface area contributed by atoms with E-state index in [0.717, 1.165) is 17.0 Å². The normalized spacial score (nSPS) is 14.6. The number of nitrogens with zero attached hydrogens (tertiary/aromatic N) is 2. The smallest absolute Gasteiger partial charge is 0.294 e. The molecule has 0 saturated carbocycles. The van der Waals surface area contributed by atoms with E-state index >= 15 is 0 Å². The van der Waals surface area contributed by atoms with Crippen LogP contribution in [0.25, 0.3) is 17.0 Å². The van der Waals surface area contributed by atoms with Gasteiger partial charge in [-0.15, -0.1) is 0 Å². The Morgan fingerprint density at radius 3 is 2.54 bits per heavy atom. The van der Waals surface area contributed by atoms with E-state index in [0.29, 0.717) is 40.4 Å². The van der Waals surface area contributed by atoms with Crippen molar-refractivity contribution >= 4 is 63.1 Å². The number of carbonyl (C=O) groups excluding carboxylic acids is 3. The van der Waals surface area contributed by atoms with Crippen LogP contribution >= 0.6 is 23.4 Å². The van der Waals surface area contributed by atoms with E-state index in [4.69, 9.17) is 11.6 Å². The van der Waals surface area contributed by atoms with Gasteiger partial charge in [0.1, 0.15) is 12.4 Å². The summed E-state index contributed by atoms with van der Waals surface area (Å²) in [7, 11) is 0. The molecule has 0 unspecified atom stereocenters. The van der Waals surface area contributed by atoms with Crippen LogP contribution < -0.4 is 5.32 Å². The molecule has 6 nitrogen and oxygen atoms in total. The van der Waals surface area contributed by atoms with Crippen LogP contribution in [0, 0.1) is 23.3 Å². The first kappa shape index (κ1) is 26.5. The first-order valence-electron chi connectivity index (χ1n) is 11.3. The second kappa shape index (κ2) is 10.6. The quantitative estimate of drug-likeness (QED) is 0.161. The zero-order valence-corrected chi connectivity index (χ0v) is 21.3. The van der Waals surface area contributed by atoms with Gasteiger partial charge < -0.3 is 9.88 Å². The summed E-state index contributed by atoms with van der Waals surface area (Å²) in [6.07, 6.45) is 3.28. The number of imide groups is 1. The van der Waals surface area contributed by atoms with Crippen LogP contribution in [-0.4, -0.2) is 33.1 Å². The summed E-state index contributed by atoms with van der Waals surface area (Å²) < 4.78 is 55.8. The number of carbonyl (C=O) groups is 3. The minimum Gasteiger partial charge on any atom is -0.342 e. The Balaban J connectivity index is 1.38. The minimum absolute atomic E-state index is 0.0505. The van der Waals surface area contributed by atoms with E-state index in [2.05, 4.69) is 0 Å². The Labute approximate surface area is 227 Å². The Morgan fingerprint density at radius 1 is 1.00 bits per heavy atom. The summed E-state index contributed by atoms with van der Waals surface area (Å²) in [6, 6.07) is 12.9. The van der Waals surface area contributed by atoms with Crippen molar-refractivity contribution in [2.75, 3.05) is 11.9 Å². The van der Waals surface area contributed by atoms with Crippen molar-refractivity contribution < 1.29 is 31.9 Å². The van der Waals surface area contributed by atoms with Gasteiger partial charge in [0, 0.05) is 34.2 Å². The number of fused-ring (bicyclic) bond motifs is 1. The third-order valence-corrected chi connectivity index (χ3v) is 7.21. The fraction of sp³-hybridized carbons (Fsp3) is 0.0741. The topological polar surface area (TPSA) is 71.4 Å². The lowest BCUT2D eigenvalue weighted by molar-refractivity contribution is -0.127. The van der Waals surface area contributed by atoms with Crippen LogP contribution in [0.2, 0.25) is 5.02 Å². The van der Waals surface area contributed by atoms with E-state index in [1.54, 1.807) is 12.3 Å². The molecule has 0 aliphatic carbocycles. The minimum atomic E-state index is -1.76. The van der Waals surface area contributed by atoms with Gasteiger partial charge in [0.25, 0.3) is 11.1 Å². The average Bonchev–Trinajstić information content (AvgIpc) is 3.38. The molecular formula is C27H16ClF4N3O3S. The van der Waals surface area contributed by atoms with Crippen molar-refractivity contribution in [2.24, 2.45) is 0 Å². The van der Waals surface area contributed by atoms with Crippen molar-refractivity contribution in [3.8, 4) is 0 Å². The third kappa shape index (κ3) is 5.27. The second-order valence-corrected chi connectivity index (χ2v) is 9.90. The molecule has 1 saturated heterocycles. The molecule has 3 amide bonds. The molecule has 1 N–H and O–H groups in total. The van der Waals surface area contributed by atoms with Crippen LogP contribution in [0.3, 0.4) is 0 Å². The fourth-order valence-corrected chi connectivity index (χ4v) is 5.14. The number of aromatic nitrogens is 1. The maximum Gasteiger partial charge on any atom is 0.294 e.